The van der Waals surface area contributed by atoms with Gasteiger partial charge < -0.3 is 14.5 Å². The maximum absolute atomic E-state index is 13.4. The number of hydrogen-bond acceptors (Lipinski definition) is 5. The van der Waals surface area contributed by atoms with Crippen molar-refractivity contribution >= 4 is 17.4 Å². The first-order valence-electron chi connectivity index (χ1n) is 12.3. The zero-order valence-electron chi connectivity index (χ0n) is 20.6. The highest BCUT2D eigenvalue weighted by Gasteiger charge is 2.50. The molecular weight excluding hydrogens is 457 g/mol. The Hall–Kier alpha value is -2.61. The minimum absolute atomic E-state index is 0.173. The van der Waals surface area contributed by atoms with Gasteiger partial charge >= 0.3 is 12.1 Å². The van der Waals surface area contributed by atoms with Crippen molar-refractivity contribution < 1.29 is 27.5 Å². The molecule has 4 rings (SSSR count). The van der Waals surface area contributed by atoms with Crippen molar-refractivity contribution in [3.63, 3.8) is 0 Å². The average molecular weight is 491 g/mol. The highest BCUT2D eigenvalue weighted by Crippen LogP contribution is 2.42. The number of ether oxygens (including phenoxy) is 1. The van der Waals surface area contributed by atoms with Crippen LogP contribution >= 0.6 is 0 Å². The number of ketones is 1. The summed E-state index contributed by atoms with van der Waals surface area (Å²) in [7, 11) is 0. The third kappa shape index (κ3) is 5.47. The molecule has 8 heteroatoms. The lowest BCUT2D eigenvalue weighted by molar-refractivity contribution is -0.150. The molecule has 0 aliphatic carbocycles. The van der Waals surface area contributed by atoms with Gasteiger partial charge in [0, 0.05) is 56.8 Å². The number of halogens is 3. The summed E-state index contributed by atoms with van der Waals surface area (Å²) in [5.74, 6) is -0.0447. The number of rotatable bonds is 5. The Morgan fingerprint density at radius 2 is 1.80 bits per heavy atom. The second-order valence-electron chi connectivity index (χ2n) is 10.3. The molecule has 3 aliphatic heterocycles. The number of hydrogen-bond donors (Lipinski definition) is 0. The van der Waals surface area contributed by atoms with E-state index in [-0.39, 0.29) is 5.78 Å². The second-order valence-corrected chi connectivity index (χ2v) is 10.3. The van der Waals surface area contributed by atoms with E-state index in [2.05, 4.69) is 18.7 Å². The molecule has 190 valence electrons. The van der Waals surface area contributed by atoms with E-state index in [1.807, 2.05) is 4.90 Å². The molecule has 3 aliphatic rings. The minimum Gasteiger partial charge on any atom is -0.451 e. The van der Waals surface area contributed by atoms with Crippen LogP contribution in [0.1, 0.15) is 52.0 Å². The fourth-order valence-corrected chi connectivity index (χ4v) is 5.46. The molecule has 3 heterocycles. The summed E-state index contributed by atoms with van der Waals surface area (Å²) in [6.07, 6.45) is -0.369. The molecule has 0 atom stereocenters. The Balaban J connectivity index is 1.44. The van der Waals surface area contributed by atoms with Gasteiger partial charge in [0.25, 0.3) is 0 Å². The molecule has 0 unspecified atom stereocenters. The standard InChI is InChI=1S/C27H33F3N2O3/c1-18(2)17-31-13-9-26(10-14-31)24(19(3)25(34)35-26)23(33)15-20-7-11-32(12-8-20)22-6-4-5-21(16-22)27(28,29)30/h4-6,15-16,18H,7-14,17H2,1-3H3. The number of piperidine rings is 2. The summed E-state index contributed by atoms with van der Waals surface area (Å²) in [6, 6.07) is 5.35. The average Bonchev–Trinajstić information content (AvgIpc) is 3.04. The fourth-order valence-electron chi connectivity index (χ4n) is 5.46. The number of anilines is 1. The predicted molar refractivity (Wildman–Crippen MR) is 128 cm³/mol. The van der Waals surface area contributed by atoms with E-state index in [9.17, 15) is 22.8 Å². The maximum atomic E-state index is 13.4. The van der Waals surface area contributed by atoms with Gasteiger partial charge in [-0.3, -0.25) is 4.79 Å². The zero-order valence-corrected chi connectivity index (χ0v) is 20.6. The van der Waals surface area contributed by atoms with Crippen LogP contribution in [0.5, 0.6) is 0 Å². The molecule has 1 spiro atoms. The van der Waals surface area contributed by atoms with Crippen molar-refractivity contribution in [3.8, 4) is 0 Å². The first-order chi connectivity index (χ1) is 16.5. The van der Waals surface area contributed by atoms with Gasteiger partial charge in [0.1, 0.15) is 5.60 Å². The van der Waals surface area contributed by atoms with Crippen LogP contribution in [0.25, 0.3) is 0 Å². The third-order valence-electron chi connectivity index (χ3n) is 7.24. The van der Waals surface area contributed by atoms with Crippen LogP contribution in [0.3, 0.4) is 0 Å². The monoisotopic (exact) mass is 490 g/mol. The first-order valence-corrected chi connectivity index (χ1v) is 12.3. The summed E-state index contributed by atoms with van der Waals surface area (Å²) in [4.78, 5) is 30.1. The van der Waals surface area contributed by atoms with Gasteiger partial charge in [-0.1, -0.05) is 25.5 Å². The molecule has 0 amide bonds. The quantitative estimate of drug-likeness (QED) is 0.421. The summed E-state index contributed by atoms with van der Waals surface area (Å²) in [6.45, 7) is 9.59. The van der Waals surface area contributed by atoms with Crippen molar-refractivity contribution in [1.29, 1.82) is 0 Å². The van der Waals surface area contributed by atoms with E-state index in [1.54, 1.807) is 19.1 Å². The number of carbonyl (C=O) groups excluding carboxylic acids is 2. The number of nitrogens with zero attached hydrogens (tertiary/aromatic N) is 2. The van der Waals surface area contributed by atoms with E-state index in [0.29, 0.717) is 61.5 Å². The number of likely N-dealkylation sites (tertiary alicyclic amines) is 1. The normalized spacial score (nSPS) is 21.2. The van der Waals surface area contributed by atoms with Crippen LogP contribution in [0.4, 0.5) is 18.9 Å². The summed E-state index contributed by atoms with van der Waals surface area (Å²) < 4.78 is 45.0. The number of benzene rings is 1. The van der Waals surface area contributed by atoms with Crippen LogP contribution in [0.15, 0.2) is 47.1 Å². The number of carbonyl (C=O) groups is 2. The van der Waals surface area contributed by atoms with Gasteiger partial charge in [-0.05, 0) is 50.0 Å². The van der Waals surface area contributed by atoms with Crippen molar-refractivity contribution in [2.45, 2.75) is 58.2 Å². The highest BCUT2D eigenvalue weighted by molar-refractivity contribution is 6.13. The number of allylic oxidation sites excluding steroid dienone is 1. The van der Waals surface area contributed by atoms with Crippen LogP contribution in [-0.4, -0.2) is 55.0 Å². The summed E-state index contributed by atoms with van der Waals surface area (Å²) in [5, 5.41) is 0. The third-order valence-corrected chi connectivity index (χ3v) is 7.24. The van der Waals surface area contributed by atoms with E-state index in [4.69, 9.17) is 4.74 Å². The molecule has 0 bridgehead atoms. The molecule has 5 nitrogen and oxygen atoms in total. The summed E-state index contributed by atoms with van der Waals surface area (Å²) in [5.41, 5.74) is 0.854. The van der Waals surface area contributed by atoms with E-state index >= 15 is 0 Å². The van der Waals surface area contributed by atoms with Crippen molar-refractivity contribution in [2.75, 3.05) is 37.6 Å². The van der Waals surface area contributed by atoms with E-state index in [0.717, 1.165) is 31.3 Å². The lowest BCUT2D eigenvalue weighted by Gasteiger charge is -2.40. The van der Waals surface area contributed by atoms with Crippen molar-refractivity contribution in [1.82, 2.24) is 4.90 Å². The van der Waals surface area contributed by atoms with Crippen molar-refractivity contribution in [2.24, 2.45) is 5.92 Å². The van der Waals surface area contributed by atoms with Gasteiger partial charge in [0.05, 0.1) is 11.1 Å². The molecule has 0 aromatic heterocycles. The van der Waals surface area contributed by atoms with Gasteiger partial charge in [-0.2, -0.15) is 13.2 Å². The van der Waals surface area contributed by atoms with Crippen LogP contribution < -0.4 is 4.90 Å². The Morgan fingerprint density at radius 3 is 2.40 bits per heavy atom. The van der Waals surface area contributed by atoms with E-state index < -0.39 is 23.3 Å². The maximum Gasteiger partial charge on any atom is 0.416 e. The smallest absolute Gasteiger partial charge is 0.416 e. The molecule has 1 aromatic carbocycles. The molecular formula is C27H33F3N2O3. The van der Waals surface area contributed by atoms with Gasteiger partial charge in [-0.15, -0.1) is 0 Å². The molecule has 0 saturated carbocycles. The molecule has 1 aromatic rings. The van der Waals surface area contributed by atoms with Gasteiger partial charge in [-0.25, -0.2) is 4.79 Å². The Kier molecular flexibility index (Phi) is 7.13. The van der Waals surface area contributed by atoms with Crippen molar-refractivity contribution in [3.05, 3.63) is 52.6 Å². The second kappa shape index (κ2) is 9.80. The fraction of sp³-hybridized carbons (Fsp3) is 0.556. The first kappa shape index (κ1) is 25.5. The SMILES string of the molecule is CC1=C(C(=O)C=C2CCN(c3cccc(C(F)(F)F)c3)CC2)C2(CCN(CC(C)C)CC2)OC1=O. The number of esters is 1. The molecule has 0 radical (unpaired) electrons. The highest BCUT2D eigenvalue weighted by atomic mass is 19.4. The topological polar surface area (TPSA) is 49.9 Å². The van der Waals surface area contributed by atoms with Crippen LogP contribution in [-0.2, 0) is 20.5 Å². The lowest BCUT2D eigenvalue weighted by Crippen LogP contribution is -2.48. The Morgan fingerprint density at radius 1 is 1.14 bits per heavy atom. The predicted octanol–water partition coefficient (Wildman–Crippen LogP) is 5.17. The molecule has 0 N–H and O–H groups in total. The lowest BCUT2D eigenvalue weighted by atomic mass is 9.80. The molecule has 2 fully saturated rings. The molecule has 35 heavy (non-hydrogen) atoms. The van der Waals surface area contributed by atoms with Gasteiger partial charge in [0.2, 0.25) is 0 Å². The van der Waals surface area contributed by atoms with Crippen LogP contribution in [0.2, 0.25) is 0 Å². The van der Waals surface area contributed by atoms with E-state index in [1.165, 1.54) is 12.1 Å². The van der Waals surface area contributed by atoms with Gasteiger partial charge in [0.15, 0.2) is 5.78 Å². The number of alkyl halides is 3. The molecule has 2 saturated heterocycles. The minimum atomic E-state index is -4.38. The Bertz CT molecular complexity index is 1040. The zero-order chi connectivity index (χ0) is 25.4. The van der Waals surface area contributed by atoms with Crippen LogP contribution in [0, 0.1) is 5.92 Å². The largest absolute Gasteiger partial charge is 0.451 e. The summed E-state index contributed by atoms with van der Waals surface area (Å²) >= 11 is 0. The Labute approximate surface area is 204 Å².